The minimum absolute atomic E-state index is 0.267. The predicted molar refractivity (Wildman–Crippen MR) is 143 cm³/mol. The third-order valence-corrected chi connectivity index (χ3v) is 7.28. The van der Waals surface area contributed by atoms with Gasteiger partial charge in [-0.15, -0.1) is 11.8 Å². The summed E-state index contributed by atoms with van der Waals surface area (Å²) in [5.41, 5.74) is 2.11. The standard InChI is InChI=1S/C27H26N2O6S2/c1-15(2)35-26(33)23-16(3)28-27-29(24(23)18-7-11-20(36-4)12-8-18)25(32)21(37-27)13-17-5-9-19(10-6-17)34-14-22(30)31/h5-13,15,24H,14H2,1-4H3,(H,30,31)/b21-13-/t24-/m0/s1. The van der Waals surface area contributed by atoms with E-state index >= 15 is 0 Å². The molecule has 1 aromatic heterocycles. The maximum atomic E-state index is 13.7. The summed E-state index contributed by atoms with van der Waals surface area (Å²) in [5, 5.41) is 8.77. The monoisotopic (exact) mass is 538 g/mol. The van der Waals surface area contributed by atoms with Crippen molar-refractivity contribution in [1.29, 1.82) is 0 Å². The second-order valence-electron chi connectivity index (χ2n) is 8.56. The van der Waals surface area contributed by atoms with Gasteiger partial charge < -0.3 is 14.6 Å². The lowest BCUT2D eigenvalue weighted by molar-refractivity contribution is -0.143. The van der Waals surface area contributed by atoms with Crippen LogP contribution in [0.4, 0.5) is 0 Å². The number of aromatic nitrogens is 1. The number of thioether (sulfide) groups is 1. The second kappa shape index (κ2) is 11.2. The van der Waals surface area contributed by atoms with Crippen molar-refractivity contribution < 1.29 is 24.2 Å². The van der Waals surface area contributed by atoms with E-state index in [0.717, 1.165) is 16.0 Å². The van der Waals surface area contributed by atoms with Gasteiger partial charge in [0.05, 0.1) is 27.9 Å². The van der Waals surface area contributed by atoms with E-state index in [1.807, 2.05) is 30.5 Å². The van der Waals surface area contributed by atoms with Crippen LogP contribution in [-0.2, 0) is 14.3 Å². The van der Waals surface area contributed by atoms with Crippen molar-refractivity contribution in [2.75, 3.05) is 12.9 Å². The number of carbonyl (C=O) groups is 2. The molecule has 8 nitrogen and oxygen atoms in total. The molecule has 2 aromatic carbocycles. The molecule has 1 N–H and O–H groups in total. The maximum Gasteiger partial charge on any atom is 0.341 e. The average Bonchev–Trinajstić information content (AvgIpc) is 3.16. The Bertz CT molecular complexity index is 1530. The van der Waals surface area contributed by atoms with E-state index < -0.39 is 24.6 Å². The molecule has 0 spiro atoms. The van der Waals surface area contributed by atoms with Crippen LogP contribution >= 0.6 is 23.1 Å². The third-order valence-electron chi connectivity index (χ3n) is 5.56. The highest BCUT2D eigenvalue weighted by Crippen LogP contribution is 2.32. The SMILES string of the molecule is CSc1ccc([C@H]2C(C(=O)OC(C)C)=C(C)N=c3s/c(=C\c4ccc(OCC(=O)O)cc4)c(=O)n32)cc1. The number of carboxylic acids is 1. The first-order valence-corrected chi connectivity index (χ1v) is 13.5. The zero-order chi connectivity index (χ0) is 26.7. The number of ether oxygens (including phenoxy) is 2. The zero-order valence-corrected chi connectivity index (χ0v) is 22.4. The van der Waals surface area contributed by atoms with Gasteiger partial charge in [0.2, 0.25) is 0 Å². The molecule has 0 unspecified atom stereocenters. The first-order valence-electron chi connectivity index (χ1n) is 11.5. The normalized spacial score (nSPS) is 15.4. The van der Waals surface area contributed by atoms with Gasteiger partial charge in [-0.05, 0) is 68.5 Å². The van der Waals surface area contributed by atoms with E-state index in [9.17, 15) is 14.4 Å². The van der Waals surface area contributed by atoms with E-state index in [1.165, 1.54) is 11.3 Å². The Morgan fingerprint density at radius 1 is 1.16 bits per heavy atom. The van der Waals surface area contributed by atoms with E-state index in [-0.39, 0.29) is 11.7 Å². The maximum absolute atomic E-state index is 13.7. The molecule has 1 aliphatic heterocycles. The molecule has 0 bridgehead atoms. The molecule has 192 valence electrons. The van der Waals surface area contributed by atoms with Crippen LogP contribution < -0.4 is 19.6 Å². The number of benzene rings is 2. The largest absolute Gasteiger partial charge is 0.482 e. The fraction of sp³-hybridized carbons (Fsp3) is 0.259. The van der Waals surface area contributed by atoms with Gasteiger partial charge in [0.25, 0.3) is 5.56 Å². The Hall–Kier alpha value is -3.63. The van der Waals surface area contributed by atoms with Gasteiger partial charge in [-0.25, -0.2) is 14.6 Å². The van der Waals surface area contributed by atoms with Crippen molar-refractivity contribution >= 4 is 41.1 Å². The number of hydrogen-bond donors (Lipinski definition) is 1. The number of hydrogen-bond acceptors (Lipinski definition) is 8. The second-order valence-corrected chi connectivity index (χ2v) is 10.4. The molecule has 0 saturated heterocycles. The van der Waals surface area contributed by atoms with Gasteiger partial charge in [-0.3, -0.25) is 9.36 Å². The van der Waals surface area contributed by atoms with Gasteiger partial charge in [0, 0.05) is 4.90 Å². The van der Waals surface area contributed by atoms with Crippen LogP contribution in [-0.4, -0.2) is 40.6 Å². The average molecular weight is 539 g/mol. The van der Waals surface area contributed by atoms with E-state index in [4.69, 9.17) is 14.6 Å². The molecule has 0 amide bonds. The number of nitrogens with zero attached hydrogens (tertiary/aromatic N) is 2. The lowest BCUT2D eigenvalue weighted by atomic mass is 9.96. The molecule has 0 saturated carbocycles. The number of rotatable bonds is 8. The van der Waals surface area contributed by atoms with E-state index in [1.54, 1.807) is 67.4 Å². The molecule has 0 aliphatic carbocycles. The number of aliphatic carboxylic acids is 1. The van der Waals surface area contributed by atoms with Gasteiger partial charge >= 0.3 is 11.9 Å². The smallest absolute Gasteiger partial charge is 0.341 e. The summed E-state index contributed by atoms with van der Waals surface area (Å²) in [6.07, 6.45) is 3.40. The summed E-state index contributed by atoms with van der Waals surface area (Å²) in [6, 6.07) is 13.9. The molecule has 2 heterocycles. The molecule has 3 aromatic rings. The number of allylic oxidation sites excluding steroid dienone is 1. The molecule has 0 radical (unpaired) electrons. The van der Waals surface area contributed by atoms with Gasteiger partial charge in [0.15, 0.2) is 11.4 Å². The van der Waals surface area contributed by atoms with Crippen molar-refractivity contribution in [2.45, 2.75) is 37.8 Å². The van der Waals surface area contributed by atoms with Crippen LogP contribution in [0.15, 0.2) is 74.5 Å². The highest BCUT2D eigenvalue weighted by atomic mass is 32.2. The summed E-state index contributed by atoms with van der Waals surface area (Å²) in [4.78, 5) is 43.7. The molecular weight excluding hydrogens is 512 g/mol. The molecule has 10 heteroatoms. The highest BCUT2D eigenvalue weighted by molar-refractivity contribution is 7.98. The Morgan fingerprint density at radius 3 is 2.43 bits per heavy atom. The molecule has 1 atom stereocenters. The van der Waals surface area contributed by atoms with Crippen LogP contribution in [0.2, 0.25) is 0 Å². The summed E-state index contributed by atoms with van der Waals surface area (Å²) in [7, 11) is 0. The van der Waals surface area contributed by atoms with E-state index in [2.05, 4.69) is 4.99 Å². The van der Waals surface area contributed by atoms with Crippen LogP contribution in [0.1, 0.15) is 37.9 Å². The lowest BCUT2D eigenvalue weighted by Crippen LogP contribution is -2.40. The number of esters is 1. The predicted octanol–water partition coefficient (Wildman–Crippen LogP) is 3.37. The van der Waals surface area contributed by atoms with Crippen LogP contribution in [0.3, 0.4) is 0 Å². The lowest BCUT2D eigenvalue weighted by Gasteiger charge is -2.25. The van der Waals surface area contributed by atoms with Crippen molar-refractivity contribution in [1.82, 2.24) is 4.57 Å². The van der Waals surface area contributed by atoms with Crippen molar-refractivity contribution in [3.63, 3.8) is 0 Å². The van der Waals surface area contributed by atoms with Gasteiger partial charge in [-0.1, -0.05) is 35.6 Å². The Morgan fingerprint density at radius 2 is 1.84 bits per heavy atom. The van der Waals surface area contributed by atoms with E-state index in [0.29, 0.717) is 26.4 Å². The summed E-state index contributed by atoms with van der Waals surface area (Å²) >= 11 is 2.85. The molecular formula is C27H26N2O6S2. The fourth-order valence-electron chi connectivity index (χ4n) is 3.92. The number of fused-ring (bicyclic) bond motifs is 1. The summed E-state index contributed by atoms with van der Waals surface area (Å²) in [6.45, 7) is 4.89. The summed E-state index contributed by atoms with van der Waals surface area (Å²) in [5.74, 6) is -1.14. The topological polar surface area (TPSA) is 107 Å². The highest BCUT2D eigenvalue weighted by Gasteiger charge is 2.33. The minimum Gasteiger partial charge on any atom is -0.482 e. The quantitative estimate of drug-likeness (QED) is 0.346. The molecule has 4 rings (SSSR count). The fourth-order valence-corrected chi connectivity index (χ4v) is 5.37. The number of carboxylic acid groups (broad SMARTS) is 1. The van der Waals surface area contributed by atoms with Gasteiger partial charge in [0.1, 0.15) is 5.75 Å². The number of carbonyl (C=O) groups excluding carboxylic acids is 1. The number of thiazole rings is 1. The van der Waals surface area contributed by atoms with Crippen molar-refractivity contribution in [2.24, 2.45) is 4.99 Å². The summed E-state index contributed by atoms with van der Waals surface area (Å²) < 4.78 is 12.7. The Labute approximate surface area is 221 Å². The molecule has 37 heavy (non-hydrogen) atoms. The minimum atomic E-state index is -1.06. The Kier molecular flexibility index (Phi) is 7.99. The third kappa shape index (κ3) is 5.86. The van der Waals surface area contributed by atoms with Crippen molar-refractivity contribution in [3.05, 3.63) is 90.6 Å². The van der Waals surface area contributed by atoms with Crippen LogP contribution in [0, 0.1) is 0 Å². The first kappa shape index (κ1) is 26.4. The first-order chi connectivity index (χ1) is 17.7. The molecule has 1 aliphatic rings. The van der Waals surface area contributed by atoms with Crippen LogP contribution in [0.25, 0.3) is 6.08 Å². The molecule has 0 fully saturated rings. The van der Waals surface area contributed by atoms with Crippen LogP contribution in [0.5, 0.6) is 5.75 Å². The zero-order valence-electron chi connectivity index (χ0n) is 20.8. The van der Waals surface area contributed by atoms with Gasteiger partial charge in [-0.2, -0.15) is 0 Å². The van der Waals surface area contributed by atoms with Crippen molar-refractivity contribution in [3.8, 4) is 5.75 Å². The Balaban J connectivity index is 1.81.